The van der Waals surface area contributed by atoms with E-state index in [2.05, 4.69) is 5.32 Å². The summed E-state index contributed by atoms with van der Waals surface area (Å²) >= 11 is 0. The summed E-state index contributed by atoms with van der Waals surface area (Å²) in [6.07, 6.45) is 0. The van der Waals surface area contributed by atoms with Gasteiger partial charge in [-0.1, -0.05) is 30.3 Å². The molecule has 0 heterocycles. The van der Waals surface area contributed by atoms with Crippen LogP contribution >= 0.6 is 0 Å². The van der Waals surface area contributed by atoms with E-state index < -0.39 is 16.1 Å². The maximum Gasteiger partial charge on any atom is 0.394 e. The molecule has 0 fully saturated rings. The fraction of sp³-hybridized carbons (Fsp3) is 0.364. The summed E-state index contributed by atoms with van der Waals surface area (Å²) in [5.41, 5.74) is 5.71. The lowest BCUT2D eigenvalue weighted by molar-refractivity contribution is -0.0406. The van der Waals surface area contributed by atoms with Crippen molar-refractivity contribution in [2.75, 3.05) is 0 Å². The molecule has 6 N–H and O–H groups in total. The van der Waals surface area contributed by atoms with Crippen LogP contribution in [0, 0.1) is 5.41 Å². The Balaban J connectivity index is 0.000000621. The van der Waals surface area contributed by atoms with Crippen LogP contribution in [0.5, 0.6) is 0 Å². The van der Waals surface area contributed by atoms with E-state index in [-0.39, 0.29) is 5.96 Å². The molecule has 0 bridgehead atoms. The van der Waals surface area contributed by atoms with Crippen LogP contribution in [0.3, 0.4) is 0 Å². The van der Waals surface area contributed by atoms with Gasteiger partial charge < -0.3 is 15.8 Å². The maximum absolute atomic E-state index is 8.74. The second kappa shape index (κ2) is 7.80. The van der Waals surface area contributed by atoms with Crippen LogP contribution in [0.15, 0.2) is 30.3 Å². The maximum atomic E-state index is 8.74. The van der Waals surface area contributed by atoms with Crippen LogP contribution in [0.1, 0.15) is 19.4 Å². The van der Waals surface area contributed by atoms with E-state index in [9.17, 15) is 0 Å². The first-order valence-corrected chi connectivity index (χ1v) is 6.89. The van der Waals surface area contributed by atoms with Gasteiger partial charge in [-0.25, -0.2) is 0 Å². The average Bonchev–Trinajstić information content (AvgIpc) is 2.24. The minimum absolute atomic E-state index is 0.0898. The summed E-state index contributed by atoms with van der Waals surface area (Å²) in [5, 5.41) is 9.85. The standard InChI is InChI=1S/C11H17N3O.H2O4S/c1-11(2,14-10(12)13)15-8-9-6-4-3-5-7-9;1-5(2,3)4/h3-7H,8H2,1-2H3,(H4,12,13,14);(H2,1,2,3,4). The Bertz CT molecular complexity index is 508. The average molecular weight is 305 g/mol. The Hall–Kier alpha value is -1.68. The molecule has 1 aromatic carbocycles. The first-order valence-electron chi connectivity index (χ1n) is 5.49. The smallest absolute Gasteiger partial charge is 0.370 e. The van der Waals surface area contributed by atoms with Gasteiger partial charge in [0.2, 0.25) is 0 Å². The Morgan fingerprint density at radius 2 is 1.80 bits per heavy atom. The van der Waals surface area contributed by atoms with Crippen molar-refractivity contribution in [3.05, 3.63) is 35.9 Å². The summed E-state index contributed by atoms with van der Waals surface area (Å²) in [6.45, 7) is 4.16. The van der Waals surface area contributed by atoms with Crippen molar-refractivity contribution in [1.29, 1.82) is 5.41 Å². The second-order valence-corrected chi connectivity index (χ2v) is 5.17. The van der Waals surface area contributed by atoms with Gasteiger partial charge >= 0.3 is 10.4 Å². The van der Waals surface area contributed by atoms with Crippen molar-refractivity contribution in [3.63, 3.8) is 0 Å². The highest BCUT2D eigenvalue weighted by Gasteiger charge is 2.17. The minimum Gasteiger partial charge on any atom is -0.370 e. The molecule has 0 saturated carbocycles. The van der Waals surface area contributed by atoms with Crippen molar-refractivity contribution in [2.24, 2.45) is 5.73 Å². The monoisotopic (exact) mass is 305 g/mol. The Morgan fingerprint density at radius 1 is 1.35 bits per heavy atom. The van der Waals surface area contributed by atoms with Crippen LogP contribution in [0.4, 0.5) is 0 Å². The van der Waals surface area contributed by atoms with E-state index in [4.69, 9.17) is 33.4 Å². The molecule has 0 aliphatic heterocycles. The minimum atomic E-state index is -4.67. The highest BCUT2D eigenvalue weighted by atomic mass is 32.3. The van der Waals surface area contributed by atoms with Crippen molar-refractivity contribution in [2.45, 2.75) is 26.2 Å². The molecular formula is C11H19N3O5S. The molecule has 0 saturated heterocycles. The molecule has 1 rings (SSSR count). The third kappa shape index (κ3) is 12.8. The van der Waals surface area contributed by atoms with Crippen molar-refractivity contribution in [1.82, 2.24) is 5.32 Å². The Labute approximate surface area is 118 Å². The van der Waals surface area contributed by atoms with E-state index in [0.29, 0.717) is 6.61 Å². The quantitative estimate of drug-likeness (QED) is 0.239. The molecule has 0 aromatic heterocycles. The lowest BCUT2D eigenvalue weighted by Gasteiger charge is -2.26. The molecule has 0 aliphatic carbocycles. The van der Waals surface area contributed by atoms with Crippen LogP contribution < -0.4 is 11.1 Å². The van der Waals surface area contributed by atoms with E-state index >= 15 is 0 Å². The number of rotatable bonds is 4. The van der Waals surface area contributed by atoms with Gasteiger partial charge in [-0.2, -0.15) is 8.42 Å². The number of hydrogen-bond donors (Lipinski definition) is 5. The summed E-state index contributed by atoms with van der Waals surface area (Å²) in [4.78, 5) is 0. The Kier molecular flexibility index (Phi) is 7.14. The van der Waals surface area contributed by atoms with Crippen LogP contribution in [0.2, 0.25) is 0 Å². The molecule has 20 heavy (non-hydrogen) atoms. The van der Waals surface area contributed by atoms with E-state index in [1.807, 2.05) is 44.2 Å². The highest BCUT2D eigenvalue weighted by molar-refractivity contribution is 7.79. The molecule has 0 amide bonds. The number of nitrogens with two attached hydrogens (primary N) is 1. The number of benzene rings is 1. The molecule has 0 atom stereocenters. The molecule has 0 unspecified atom stereocenters. The molecule has 8 nitrogen and oxygen atoms in total. The molecule has 1 aromatic rings. The SMILES string of the molecule is CC(C)(NC(=N)N)OCc1ccccc1.O=S(=O)(O)O. The van der Waals surface area contributed by atoms with Crippen LogP contribution in [0.25, 0.3) is 0 Å². The zero-order valence-corrected chi connectivity index (χ0v) is 12.0. The fourth-order valence-corrected chi connectivity index (χ4v) is 1.20. The van der Waals surface area contributed by atoms with Gasteiger partial charge in [0, 0.05) is 0 Å². The van der Waals surface area contributed by atoms with E-state index in [1.54, 1.807) is 0 Å². The third-order valence-corrected chi connectivity index (χ3v) is 1.88. The molecular weight excluding hydrogens is 286 g/mol. The molecule has 9 heteroatoms. The largest absolute Gasteiger partial charge is 0.394 e. The lowest BCUT2D eigenvalue weighted by atomic mass is 10.2. The summed E-state index contributed by atoms with van der Waals surface area (Å²) in [6, 6.07) is 9.87. The molecule has 0 spiro atoms. The van der Waals surface area contributed by atoms with Crippen molar-refractivity contribution >= 4 is 16.4 Å². The molecule has 114 valence electrons. The van der Waals surface area contributed by atoms with Crippen molar-refractivity contribution < 1.29 is 22.3 Å². The van der Waals surface area contributed by atoms with Gasteiger partial charge in [-0.05, 0) is 19.4 Å². The van der Waals surface area contributed by atoms with E-state index in [1.165, 1.54) is 0 Å². The summed E-state index contributed by atoms with van der Waals surface area (Å²) in [7, 11) is -4.67. The number of hydrogen-bond acceptors (Lipinski definition) is 4. The van der Waals surface area contributed by atoms with Gasteiger partial charge in [-0.15, -0.1) is 0 Å². The predicted molar refractivity (Wildman–Crippen MR) is 74.5 cm³/mol. The summed E-state index contributed by atoms with van der Waals surface area (Å²) in [5.74, 6) is -0.0898. The molecule has 0 radical (unpaired) electrons. The number of ether oxygens (including phenoxy) is 1. The second-order valence-electron chi connectivity index (χ2n) is 4.27. The molecule has 0 aliphatic rings. The summed E-state index contributed by atoms with van der Waals surface area (Å²) < 4.78 is 37.2. The number of guanidine groups is 1. The van der Waals surface area contributed by atoms with E-state index in [0.717, 1.165) is 5.56 Å². The lowest BCUT2D eigenvalue weighted by Crippen LogP contribution is -2.48. The first kappa shape index (κ1) is 18.3. The van der Waals surface area contributed by atoms with Gasteiger partial charge in [0.15, 0.2) is 5.96 Å². The topological polar surface area (TPSA) is 146 Å². The van der Waals surface area contributed by atoms with Crippen molar-refractivity contribution in [3.8, 4) is 0 Å². The van der Waals surface area contributed by atoms with Gasteiger partial charge in [0.25, 0.3) is 0 Å². The normalized spacial score (nSPS) is 11.2. The third-order valence-electron chi connectivity index (χ3n) is 1.88. The predicted octanol–water partition coefficient (Wildman–Crippen LogP) is 0.770. The number of nitrogens with one attached hydrogen (secondary N) is 2. The fourth-order valence-electron chi connectivity index (χ4n) is 1.20. The Morgan fingerprint density at radius 3 is 2.20 bits per heavy atom. The van der Waals surface area contributed by atoms with Crippen LogP contribution in [-0.2, 0) is 21.7 Å². The van der Waals surface area contributed by atoms with Gasteiger partial charge in [0.05, 0.1) is 6.61 Å². The zero-order valence-electron chi connectivity index (χ0n) is 11.2. The van der Waals surface area contributed by atoms with Gasteiger partial charge in [-0.3, -0.25) is 14.5 Å². The zero-order chi connectivity index (χ0) is 15.8. The highest BCUT2D eigenvalue weighted by Crippen LogP contribution is 2.09. The first-order chi connectivity index (χ1) is 8.99. The van der Waals surface area contributed by atoms with Crippen LogP contribution in [-0.4, -0.2) is 29.2 Å². The van der Waals surface area contributed by atoms with Gasteiger partial charge in [0.1, 0.15) is 5.72 Å².